The largest absolute Gasteiger partial charge is 0.488 e. The Labute approximate surface area is 183 Å². The SMILES string of the molecule is COC(=O)c1c(OCc2ccsc2)cc(=O)n2c1CCN(Cc1ccccc1F)CC2. The Morgan fingerprint density at radius 2 is 2.03 bits per heavy atom. The van der Waals surface area contributed by atoms with E-state index >= 15 is 0 Å². The Kier molecular flexibility index (Phi) is 6.48. The summed E-state index contributed by atoms with van der Waals surface area (Å²) in [4.78, 5) is 27.5. The fourth-order valence-corrected chi connectivity index (χ4v) is 4.44. The molecule has 1 aromatic carbocycles. The maximum Gasteiger partial charge on any atom is 0.343 e. The van der Waals surface area contributed by atoms with Gasteiger partial charge in [0.05, 0.1) is 7.11 Å². The van der Waals surface area contributed by atoms with Gasteiger partial charge in [0.15, 0.2) is 0 Å². The molecule has 0 atom stereocenters. The van der Waals surface area contributed by atoms with E-state index in [0.717, 1.165) is 5.56 Å². The zero-order valence-corrected chi connectivity index (χ0v) is 18.0. The highest BCUT2D eigenvalue weighted by molar-refractivity contribution is 7.07. The Balaban J connectivity index is 1.62. The van der Waals surface area contributed by atoms with Gasteiger partial charge in [-0.25, -0.2) is 9.18 Å². The molecule has 0 radical (unpaired) electrons. The van der Waals surface area contributed by atoms with Crippen molar-refractivity contribution in [3.63, 3.8) is 0 Å². The van der Waals surface area contributed by atoms with Crippen LogP contribution in [0.5, 0.6) is 5.75 Å². The second-order valence-corrected chi connectivity index (χ2v) is 8.13. The fraction of sp³-hybridized carbons (Fsp3) is 0.304. The second-order valence-electron chi connectivity index (χ2n) is 7.35. The number of benzene rings is 1. The summed E-state index contributed by atoms with van der Waals surface area (Å²) in [6.07, 6.45) is 0.448. The van der Waals surface area contributed by atoms with Crippen LogP contribution in [-0.2, 0) is 30.9 Å². The lowest BCUT2D eigenvalue weighted by Crippen LogP contribution is -2.29. The first-order chi connectivity index (χ1) is 15.1. The van der Waals surface area contributed by atoms with Gasteiger partial charge in [0.1, 0.15) is 23.7 Å². The van der Waals surface area contributed by atoms with Crippen molar-refractivity contribution in [1.82, 2.24) is 9.47 Å². The second kappa shape index (κ2) is 9.45. The molecule has 31 heavy (non-hydrogen) atoms. The molecule has 0 N–H and O–H groups in total. The van der Waals surface area contributed by atoms with Crippen molar-refractivity contribution >= 4 is 17.3 Å². The topological polar surface area (TPSA) is 60.8 Å². The molecule has 4 rings (SSSR count). The molecule has 3 aromatic rings. The Morgan fingerprint density at radius 1 is 1.19 bits per heavy atom. The van der Waals surface area contributed by atoms with Gasteiger partial charge in [-0.2, -0.15) is 11.3 Å². The lowest BCUT2D eigenvalue weighted by Gasteiger charge is -2.19. The van der Waals surface area contributed by atoms with E-state index in [0.29, 0.717) is 43.9 Å². The van der Waals surface area contributed by atoms with Gasteiger partial charge in [0.25, 0.3) is 5.56 Å². The molecule has 0 saturated heterocycles. The maximum absolute atomic E-state index is 14.1. The third-order valence-electron chi connectivity index (χ3n) is 5.40. The number of hydrogen-bond acceptors (Lipinski definition) is 6. The van der Waals surface area contributed by atoms with Crippen LogP contribution in [0.25, 0.3) is 0 Å². The van der Waals surface area contributed by atoms with Crippen LogP contribution >= 0.6 is 11.3 Å². The number of fused-ring (bicyclic) bond motifs is 1. The highest BCUT2D eigenvalue weighted by Crippen LogP contribution is 2.25. The first-order valence-corrected chi connectivity index (χ1v) is 11.0. The molecule has 162 valence electrons. The van der Waals surface area contributed by atoms with Crippen LogP contribution in [0.1, 0.15) is 27.2 Å². The molecule has 6 nitrogen and oxygen atoms in total. The minimum absolute atomic E-state index is 0.226. The number of rotatable bonds is 6. The number of carbonyl (C=O) groups is 1. The minimum atomic E-state index is -0.536. The number of hydrogen-bond donors (Lipinski definition) is 0. The van der Waals surface area contributed by atoms with Gasteiger partial charge in [-0.3, -0.25) is 9.69 Å². The predicted molar refractivity (Wildman–Crippen MR) is 116 cm³/mol. The average Bonchev–Trinajstić information content (AvgIpc) is 3.20. The summed E-state index contributed by atoms with van der Waals surface area (Å²) < 4.78 is 26.5. The quantitative estimate of drug-likeness (QED) is 0.547. The van der Waals surface area contributed by atoms with E-state index in [1.54, 1.807) is 28.0 Å². The van der Waals surface area contributed by atoms with Crippen molar-refractivity contribution in [2.75, 3.05) is 20.2 Å². The van der Waals surface area contributed by atoms with Gasteiger partial charge in [0, 0.05) is 49.9 Å². The molecule has 2 aromatic heterocycles. The van der Waals surface area contributed by atoms with E-state index in [1.165, 1.54) is 19.2 Å². The van der Waals surface area contributed by atoms with Crippen LogP contribution in [0.15, 0.2) is 52.0 Å². The van der Waals surface area contributed by atoms with Crippen molar-refractivity contribution in [2.24, 2.45) is 0 Å². The van der Waals surface area contributed by atoms with Gasteiger partial charge in [0.2, 0.25) is 0 Å². The molecular formula is C23H23FN2O4S. The summed E-state index contributed by atoms with van der Waals surface area (Å²) in [6.45, 7) is 2.24. The van der Waals surface area contributed by atoms with E-state index in [4.69, 9.17) is 9.47 Å². The van der Waals surface area contributed by atoms with Crippen molar-refractivity contribution in [3.05, 3.63) is 85.7 Å². The summed E-state index contributed by atoms with van der Waals surface area (Å²) in [7, 11) is 1.31. The molecule has 0 fully saturated rings. The molecule has 3 heterocycles. The lowest BCUT2D eigenvalue weighted by molar-refractivity contribution is 0.0592. The smallest absolute Gasteiger partial charge is 0.343 e. The fourth-order valence-electron chi connectivity index (χ4n) is 3.79. The highest BCUT2D eigenvalue weighted by atomic mass is 32.1. The van der Waals surface area contributed by atoms with Gasteiger partial charge < -0.3 is 14.0 Å². The zero-order chi connectivity index (χ0) is 21.8. The third-order valence-corrected chi connectivity index (χ3v) is 6.13. The number of pyridine rings is 1. The molecule has 0 saturated carbocycles. The van der Waals surface area contributed by atoms with Gasteiger partial charge in [-0.1, -0.05) is 18.2 Å². The minimum Gasteiger partial charge on any atom is -0.488 e. The summed E-state index contributed by atoms with van der Waals surface area (Å²) in [6, 6.07) is 9.96. The number of esters is 1. The highest BCUT2D eigenvalue weighted by Gasteiger charge is 2.26. The first-order valence-electron chi connectivity index (χ1n) is 10.0. The number of nitrogens with zero attached hydrogens (tertiary/aromatic N) is 2. The maximum atomic E-state index is 14.1. The lowest BCUT2D eigenvalue weighted by atomic mass is 10.1. The van der Waals surface area contributed by atoms with Crippen LogP contribution in [0, 0.1) is 5.82 Å². The van der Waals surface area contributed by atoms with Crippen LogP contribution < -0.4 is 10.3 Å². The number of thiophene rings is 1. The summed E-state index contributed by atoms with van der Waals surface area (Å²) in [5.41, 5.74) is 2.22. The number of ether oxygens (including phenoxy) is 2. The van der Waals surface area contributed by atoms with Crippen molar-refractivity contribution in [1.29, 1.82) is 0 Å². The van der Waals surface area contributed by atoms with E-state index in [1.807, 2.05) is 22.9 Å². The Bertz CT molecular complexity index is 1130. The van der Waals surface area contributed by atoms with Crippen LogP contribution in [0.3, 0.4) is 0 Å². The van der Waals surface area contributed by atoms with Crippen LogP contribution in [0.4, 0.5) is 4.39 Å². The monoisotopic (exact) mass is 442 g/mol. The number of carbonyl (C=O) groups excluding carboxylic acids is 1. The van der Waals surface area contributed by atoms with E-state index in [9.17, 15) is 14.0 Å². The van der Waals surface area contributed by atoms with Crippen molar-refractivity contribution in [3.8, 4) is 5.75 Å². The number of halogens is 1. The average molecular weight is 443 g/mol. The summed E-state index contributed by atoms with van der Waals surface area (Å²) in [5, 5.41) is 3.89. The molecule has 0 amide bonds. The molecular weight excluding hydrogens is 419 g/mol. The molecule has 8 heteroatoms. The van der Waals surface area contributed by atoms with Gasteiger partial charge >= 0.3 is 5.97 Å². The van der Waals surface area contributed by atoms with Crippen molar-refractivity contribution in [2.45, 2.75) is 26.1 Å². The Hall–Kier alpha value is -2.97. The Morgan fingerprint density at radius 3 is 2.77 bits per heavy atom. The van der Waals surface area contributed by atoms with Crippen LogP contribution in [0.2, 0.25) is 0 Å². The van der Waals surface area contributed by atoms with Gasteiger partial charge in [-0.05, 0) is 28.5 Å². The van der Waals surface area contributed by atoms with E-state index in [2.05, 4.69) is 4.90 Å². The molecule has 0 aliphatic carbocycles. The van der Waals surface area contributed by atoms with E-state index in [-0.39, 0.29) is 29.3 Å². The van der Waals surface area contributed by atoms with Gasteiger partial charge in [-0.15, -0.1) is 0 Å². The molecule has 1 aliphatic rings. The normalized spacial score (nSPS) is 14.0. The number of aromatic nitrogens is 1. The van der Waals surface area contributed by atoms with Crippen LogP contribution in [-0.4, -0.2) is 35.6 Å². The summed E-state index contributed by atoms with van der Waals surface area (Å²) in [5.74, 6) is -0.552. The van der Waals surface area contributed by atoms with Crippen molar-refractivity contribution < 1.29 is 18.7 Å². The predicted octanol–water partition coefficient (Wildman–Crippen LogP) is 3.47. The first kappa shape index (κ1) is 21.3. The molecule has 0 unspecified atom stereocenters. The zero-order valence-electron chi connectivity index (χ0n) is 17.2. The molecule has 0 spiro atoms. The van der Waals surface area contributed by atoms with E-state index < -0.39 is 5.97 Å². The molecule has 1 aliphatic heterocycles. The third kappa shape index (κ3) is 4.70. The molecule has 0 bridgehead atoms. The standard InChI is InChI=1S/C23H23FN2O4S/c1-29-23(28)22-19-6-8-25(13-17-4-2-3-5-18(17)24)9-10-26(19)21(27)12-20(22)30-14-16-7-11-31-15-16/h2-5,7,11-12,15H,6,8-10,13-14H2,1H3. The summed E-state index contributed by atoms with van der Waals surface area (Å²) >= 11 is 1.55. The number of methoxy groups -OCH3 is 1.